The van der Waals surface area contributed by atoms with Crippen molar-refractivity contribution >= 4 is 22.5 Å². The normalized spacial score (nSPS) is 24.5. The summed E-state index contributed by atoms with van der Waals surface area (Å²) in [6.45, 7) is 1.33. The maximum absolute atomic E-state index is 13.0. The molecule has 1 atom stereocenters. The molecule has 8 nitrogen and oxygen atoms in total. The van der Waals surface area contributed by atoms with E-state index in [4.69, 9.17) is 10.5 Å². The number of halogens is 3. The number of hydrogen-bond acceptors (Lipinski definition) is 7. The second kappa shape index (κ2) is 6.74. The zero-order valence-corrected chi connectivity index (χ0v) is 15.8. The number of alkyl halides is 3. The van der Waals surface area contributed by atoms with Gasteiger partial charge in [0.1, 0.15) is 11.4 Å². The number of H-pyrrole nitrogens is 1. The van der Waals surface area contributed by atoms with Crippen molar-refractivity contribution in [2.75, 3.05) is 18.5 Å². The highest BCUT2D eigenvalue weighted by Gasteiger charge is 2.44. The van der Waals surface area contributed by atoms with Gasteiger partial charge in [-0.3, -0.25) is 10.5 Å². The first-order valence-corrected chi connectivity index (χ1v) is 9.59. The molecule has 2 aromatic rings. The van der Waals surface area contributed by atoms with Crippen LogP contribution in [0.5, 0.6) is 0 Å². The molecule has 0 amide bonds. The fraction of sp³-hybridized carbons (Fsp3) is 0.368. The summed E-state index contributed by atoms with van der Waals surface area (Å²) >= 11 is 0. The van der Waals surface area contributed by atoms with E-state index in [2.05, 4.69) is 25.9 Å². The van der Waals surface area contributed by atoms with E-state index < -0.39 is 17.5 Å². The van der Waals surface area contributed by atoms with E-state index >= 15 is 0 Å². The molecule has 1 aromatic heterocycles. The monoisotopic (exact) mass is 419 g/mol. The Labute approximate surface area is 169 Å². The number of hydrogen-bond donors (Lipinski definition) is 4. The zero-order valence-electron chi connectivity index (χ0n) is 15.8. The predicted molar refractivity (Wildman–Crippen MR) is 105 cm³/mol. The van der Waals surface area contributed by atoms with Crippen LogP contribution in [0.2, 0.25) is 0 Å². The van der Waals surface area contributed by atoms with Gasteiger partial charge in [-0.05, 0) is 43.2 Å². The number of nitrogens with zero attached hydrogens (tertiary/aromatic N) is 3. The number of anilines is 1. The van der Waals surface area contributed by atoms with Gasteiger partial charge in [0.05, 0.1) is 5.52 Å². The first-order chi connectivity index (χ1) is 14.3. The van der Waals surface area contributed by atoms with E-state index in [1.807, 2.05) is 23.2 Å². The van der Waals surface area contributed by atoms with Crippen LogP contribution in [0.15, 0.2) is 47.2 Å². The second-order valence-corrected chi connectivity index (χ2v) is 7.52. The first-order valence-electron chi connectivity index (χ1n) is 9.59. The summed E-state index contributed by atoms with van der Waals surface area (Å²) in [6, 6.07) is 4.46. The van der Waals surface area contributed by atoms with Gasteiger partial charge in [-0.1, -0.05) is 6.08 Å². The number of benzene rings is 1. The molecule has 5 N–H and O–H groups in total. The van der Waals surface area contributed by atoms with Gasteiger partial charge in [-0.25, -0.2) is 5.01 Å². The molecule has 3 aliphatic rings. The van der Waals surface area contributed by atoms with Crippen molar-refractivity contribution < 1.29 is 17.9 Å². The van der Waals surface area contributed by atoms with Gasteiger partial charge >= 0.3 is 6.18 Å². The molecule has 4 heterocycles. The lowest BCUT2D eigenvalue weighted by molar-refractivity contribution is -0.139. The van der Waals surface area contributed by atoms with E-state index in [1.165, 1.54) is 12.1 Å². The summed E-state index contributed by atoms with van der Waals surface area (Å²) < 4.78 is 44.5. The number of nitrogens with two attached hydrogens (primary N) is 1. The molecular weight excluding hydrogens is 399 g/mol. The highest BCUT2D eigenvalue weighted by atomic mass is 19.4. The number of fused-ring (bicyclic) bond motifs is 2. The molecule has 0 radical (unpaired) electrons. The average Bonchev–Trinajstić information content (AvgIpc) is 3.33. The second-order valence-electron chi connectivity index (χ2n) is 7.52. The van der Waals surface area contributed by atoms with Crippen LogP contribution in [-0.2, 0) is 10.9 Å². The number of hydrazine groups is 1. The number of nitrogens with one attached hydrogen (secondary N) is 3. The van der Waals surface area contributed by atoms with E-state index in [-0.39, 0.29) is 16.8 Å². The molecule has 0 spiro atoms. The van der Waals surface area contributed by atoms with Crippen LogP contribution in [0, 0.1) is 5.92 Å². The molecule has 1 fully saturated rings. The van der Waals surface area contributed by atoms with Crippen molar-refractivity contribution in [3.63, 3.8) is 0 Å². The maximum atomic E-state index is 13.0. The van der Waals surface area contributed by atoms with Gasteiger partial charge in [-0.15, -0.1) is 0 Å². The van der Waals surface area contributed by atoms with Crippen molar-refractivity contribution in [3.05, 3.63) is 47.9 Å². The summed E-state index contributed by atoms with van der Waals surface area (Å²) in [5.41, 5.74) is 9.08. The van der Waals surface area contributed by atoms with Crippen molar-refractivity contribution in [2.24, 2.45) is 16.6 Å². The molecule has 1 aromatic carbocycles. The minimum absolute atomic E-state index is 0.0131. The Morgan fingerprint density at radius 2 is 2.07 bits per heavy atom. The molecule has 0 bridgehead atoms. The minimum Gasteiger partial charge on any atom is -0.381 e. The summed E-state index contributed by atoms with van der Waals surface area (Å²) in [7, 11) is 0. The van der Waals surface area contributed by atoms with Crippen LogP contribution in [-0.4, -0.2) is 40.0 Å². The summed E-state index contributed by atoms with van der Waals surface area (Å²) in [5, 5.41) is 10.8. The Balaban J connectivity index is 1.36. The SMILES string of the molecule is NC1(C2CCOCC2)C=CC=C2N=C(Nc3ccc4c(C(F)(F)F)[nH]nc4c3)NN21. The number of aromatic nitrogens is 2. The third-order valence-corrected chi connectivity index (χ3v) is 5.65. The van der Waals surface area contributed by atoms with Crippen LogP contribution in [0.25, 0.3) is 10.9 Å². The standard InChI is InChI=1S/C19H20F3N7O/c20-19(21,22)16-13-4-3-12(10-14(13)26-27-16)24-17-25-15-2-1-7-18(23,29(15)28-17)11-5-8-30-9-6-11/h1-4,7,10-11H,5-6,8-9,23H2,(H,26,27)(H2,24,25,28). The number of allylic oxidation sites excluding steroid dienone is 2. The fourth-order valence-electron chi connectivity index (χ4n) is 4.10. The lowest BCUT2D eigenvalue weighted by Gasteiger charge is -2.45. The molecule has 11 heteroatoms. The third kappa shape index (κ3) is 3.10. The summed E-state index contributed by atoms with van der Waals surface area (Å²) in [5.74, 6) is 1.28. The Kier molecular flexibility index (Phi) is 4.26. The van der Waals surface area contributed by atoms with Crippen molar-refractivity contribution in [1.29, 1.82) is 0 Å². The van der Waals surface area contributed by atoms with Gasteiger partial charge in [0.25, 0.3) is 0 Å². The summed E-state index contributed by atoms with van der Waals surface area (Å²) in [4.78, 5) is 4.53. The topological polar surface area (TPSA) is 104 Å². The Hall–Kier alpha value is -3.05. The third-order valence-electron chi connectivity index (χ3n) is 5.65. The highest BCUT2D eigenvalue weighted by Crippen LogP contribution is 2.36. The Morgan fingerprint density at radius 3 is 2.83 bits per heavy atom. The van der Waals surface area contributed by atoms with Crippen molar-refractivity contribution in [1.82, 2.24) is 20.6 Å². The van der Waals surface area contributed by atoms with Gasteiger partial charge in [0.15, 0.2) is 5.82 Å². The summed E-state index contributed by atoms with van der Waals surface area (Å²) in [6.07, 6.45) is 2.88. The number of ether oxygens (including phenoxy) is 1. The van der Waals surface area contributed by atoms with Crippen LogP contribution < -0.4 is 16.5 Å². The molecule has 1 unspecified atom stereocenters. The number of guanidine groups is 1. The lowest BCUT2D eigenvalue weighted by atomic mass is 9.84. The van der Waals surface area contributed by atoms with Crippen LogP contribution in [0.4, 0.5) is 18.9 Å². The molecule has 3 aliphatic heterocycles. The molecular formula is C19H20F3N7O. The Morgan fingerprint density at radius 1 is 1.27 bits per heavy atom. The minimum atomic E-state index is -4.49. The van der Waals surface area contributed by atoms with E-state index in [0.29, 0.717) is 30.7 Å². The lowest BCUT2D eigenvalue weighted by Crippen LogP contribution is -2.64. The van der Waals surface area contributed by atoms with Gasteiger partial charge in [0.2, 0.25) is 5.96 Å². The zero-order chi connectivity index (χ0) is 20.9. The molecule has 0 aliphatic carbocycles. The number of rotatable bonds is 2. The molecule has 30 heavy (non-hydrogen) atoms. The van der Waals surface area contributed by atoms with Crippen molar-refractivity contribution in [2.45, 2.75) is 24.7 Å². The predicted octanol–water partition coefficient (Wildman–Crippen LogP) is 2.66. The number of aromatic amines is 1. The smallest absolute Gasteiger partial charge is 0.381 e. The highest BCUT2D eigenvalue weighted by molar-refractivity contribution is 5.97. The molecule has 0 saturated carbocycles. The maximum Gasteiger partial charge on any atom is 0.433 e. The Bertz CT molecular complexity index is 1070. The van der Waals surface area contributed by atoms with Gasteiger partial charge in [0, 0.05) is 30.2 Å². The molecule has 5 rings (SSSR count). The van der Waals surface area contributed by atoms with Crippen molar-refractivity contribution in [3.8, 4) is 0 Å². The molecule has 1 saturated heterocycles. The van der Waals surface area contributed by atoms with E-state index in [0.717, 1.165) is 12.8 Å². The first kappa shape index (κ1) is 18.9. The van der Waals surface area contributed by atoms with E-state index in [9.17, 15) is 13.2 Å². The largest absolute Gasteiger partial charge is 0.433 e. The van der Waals surface area contributed by atoms with Gasteiger partial charge < -0.3 is 15.8 Å². The fourth-order valence-corrected chi connectivity index (χ4v) is 4.10. The quantitative estimate of drug-likeness (QED) is 0.597. The van der Waals surface area contributed by atoms with Gasteiger partial charge in [-0.2, -0.15) is 23.3 Å². The van der Waals surface area contributed by atoms with Crippen LogP contribution in [0.3, 0.4) is 0 Å². The average molecular weight is 419 g/mol. The van der Waals surface area contributed by atoms with Crippen LogP contribution >= 0.6 is 0 Å². The van der Waals surface area contributed by atoms with E-state index in [1.54, 1.807) is 6.07 Å². The molecule has 158 valence electrons. The van der Waals surface area contributed by atoms with Crippen LogP contribution in [0.1, 0.15) is 18.5 Å². The number of aliphatic imine (C=N–C) groups is 1.